The molecule has 0 fully saturated rings. The summed E-state index contributed by atoms with van der Waals surface area (Å²) in [7, 11) is 1.75. The first kappa shape index (κ1) is 19.4. The molecular weight excluding hydrogens is 389 g/mol. The number of rotatable bonds is 8. The summed E-state index contributed by atoms with van der Waals surface area (Å²) in [5, 5.41) is 12.1. The van der Waals surface area contributed by atoms with Gasteiger partial charge in [0.15, 0.2) is 17.7 Å². The lowest BCUT2D eigenvalue weighted by atomic mass is 10.3. The first-order valence-corrected chi connectivity index (χ1v) is 10.1. The fraction of sp³-hybridized carbons (Fsp3) is 0.278. The third kappa shape index (κ3) is 5.30. The van der Waals surface area contributed by atoms with Gasteiger partial charge in [-0.05, 0) is 41.4 Å². The highest BCUT2D eigenvalue weighted by Gasteiger charge is 2.19. The molecule has 2 aromatic heterocycles. The third-order valence-electron chi connectivity index (χ3n) is 3.65. The van der Waals surface area contributed by atoms with Crippen molar-refractivity contribution in [2.45, 2.75) is 24.8 Å². The number of carbonyl (C=O) groups is 1. The van der Waals surface area contributed by atoms with E-state index in [1.165, 1.54) is 12.1 Å². The van der Waals surface area contributed by atoms with E-state index >= 15 is 0 Å². The van der Waals surface area contributed by atoms with Crippen molar-refractivity contribution in [3.05, 3.63) is 58.4 Å². The van der Waals surface area contributed by atoms with Crippen LogP contribution < -0.4 is 4.74 Å². The molecule has 142 valence electrons. The smallest absolute Gasteiger partial charge is 0.277 e. The lowest BCUT2D eigenvalue weighted by Crippen LogP contribution is -2.27. The maximum absolute atomic E-state index is 13.7. The maximum Gasteiger partial charge on any atom is 0.277 e. The molecule has 1 unspecified atom stereocenters. The highest BCUT2D eigenvalue weighted by molar-refractivity contribution is 7.99. The summed E-state index contributed by atoms with van der Waals surface area (Å²) in [5.74, 6) is 0.0203. The fourth-order valence-corrected chi connectivity index (χ4v) is 3.57. The Kier molecular flexibility index (Phi) is 6.46. The Bertz CT molecular complexity index is 886. The van der Waals surface area contributed by atoms with E-state index in [2.05, 4.69) is 10.2 Å². The number of ether oxygens (including phenoxy) is 1. The van der Waals surface area contributed by atoms with Gasteiger partial charge in [0.1, 0.15) is 0 Å². The Morgan fingerprint density at radius 2 is 2.19 bits per heavy atom. The average molecular weight is 407 g/mol. The minimum atomic E-state index is -0.610. The molecule has 3 rings (SSSR count). The molecule has 1 aromatic carbocycles. The first-order valence-electron chi connectivity index (χ1n) is 8.15. The number of aromatic nitrogens is 2. The van der Waals surface area contributed by atoms with E-state index in [1.807, 2.05) is 16.8 Å². The molecule has 3 aromatic rings. The van der Waals surface area contributed by atoms with Crippen molar-refractivity contribution in [2.24, 2.45) is 0 Å². The number of hydrogen-bond acceptors (Lipinski definition) is 7. The van der Waals surface area contributed by atoms with Gasteiger partial charge in [-0.3, -0.25) is 4.79 Å². The molecule has 0 N–H and O–H groups in total. The highest BCUT2D eigenvalue weighted by atomic mass is 32.2. The number of para-hydroxylation sites is 1. The summed E-state index contributed by atoms with van der Waals surface area (Å²) >= 11 is 2.76. The Morgan fingerprint density at radius 1 is 1.37 bits per heavy atom. The molecule has 0 bridgehead atoms. The Balaban J connectivity index is 1.51. The van der Waals surface area contributed by atoms with Crippen LogP contribution in [0.4, 0.5) is 4.39 Å². The van der Waals surface area contributed by atoms with Crippen LogP contribution in [-0.2, 0) is 11.3 Å². The van der Waals surface area contributed by atoms with Crippen molar-refractivity contribution in [1.82, 2.24) is 15.1 Å². The van der Waals surface area contributed by atoms with Crippen LogP contribution in [0.25, 0.3) is 0 Å². The van der Waals surface area contributed by atoms with Gasteiger partial charge < -0.3 is 14.1 Å². The molecule has 27 heavy (non-hydrogen) atoms. The Morgan fingerprint density at radius 3 is 2.93 bits per heavy atom. The summed E-state index contributed by atoms with van der Waals surface area (Å²) in [6, 6.07) is 8.09. The van der Waals surface area contributed by atoms with Crippen LogP contribution in [0.5, 0.6) is 5.75 Å². The largest absolute Gasteiger partial charge is 0.478 e. The number of nitrogens with zero attached hydrogens (tertiary/aromatic N) is 3. The van der Waals surface area contributed by atoms with E-state index in [4.69, 9.17) is 9.15 Å². The number of thiophene rings is 1. The van der Waals surface area contributed by atoms with Gasteiger partial charge in [-0.1, -0.05) is 23.9 Å². The van der Waals surface area contributed by atoms with Gasteiger partial charge in [-0.2, -0.15) is 11.3 Å². The van der Waals surface area contributed by atoms with E-state index < -0.39 is 11.9 Å². The molecule has 0 spiro atoms. The van der Waals surface area contributed by atoms with Crippen LogP contribution in [0.3, 0.4) is 0 Å². The van der Waals surface area contributed by atoms with E-state index in [0.717, 1.165) is 17.3 Å². The second-order valence-corrected chi connectivity index (χ2v) is 7.47. The third-order valence-corrected chi connectivity index (χ3v) is 5.19. The summed E-state index contributed by atoms with van der Waals surface area (Å²) in [6.07, 6.45) is -0.610. The molecule has 0 saturated heterocycles. The number of halogens is 1. The first-order chi connectivity index (χ1) is 13.0. The zero-order chi connectivity index (χ0) is 19.2. The van der Waals surface area contributed by atoms with Crippen molar-refractivity contribution in [3.63, 3.8) is 0 Å². The lowest BCUT2D eigenvalue weighted by Gasteiger charge is -2.15. The van der Waals surface area contributed by atoms with E-state index in [0.29, 0.717) is 6.54 Å². The number of carbonyl (C=O) groups excluding carboxylic acids is 1. The molecule has 1 amide bonds. The fourth-order valence-electron chi connectivity index (χ4n) is 2.20. The standard InChI is InChI=1S/C18H18FN3O3S2/c1-12(24-15-6-4-3-5-14(15)19)17-20-21-18(25-17)27-11-16(23)22(2)9-13-7-8-26-10-13/h3-8,10,12H,9,11H2,1-2H3. The molecule has 6 nitrogen and oxygen atoms in total. The van der Waals surface area contributed by atoms with Gasteiger partial charge in [0.2, 0.25) is 5.91 Å². The predicted octanol–water partition coefficient (Wildman–Crippen LogP) is 4.16. The Hall–Kier alpha value is -2.39. The van der Waals surface area contributed by atoms with Gasteiger partial charge >= 0.3 is 0 Å². The topological polar surface area (TPSA) is 68.5 Å². The van der Waals surface area contributed by atoms with Crippen molar-refractivity contribution < 1.29 is 18.3 Å². The van der Waals surface area contributed by atoms with Gasteiger partial charge in [0.25, 0.3) is 11.1 Å². The van der Waals surface area contributed by atoms with Crippen LogP contribution in [0.2, 0.25) is 0 Å². The van der Waals surface area contributed by atoms with Crippen molar-refractivity contribution in [2.75, 3.05) is 12.8 Å². The zero-order valence-corrected chi connectivity index (χ0v) is 16.4. The molecule has 0 aliphatic rings. The quantitative estimate of drug-likeness (QED) is 0.522. The zero-order valence-electron chi connectivity index (χ0n) is 14.8. The molecule has 2 heterocycles. The van der Waals surface area contributed by atoms with Crippen molar-refractivity contribution >= 4 is 29.0 Å². The van der Waals surface area contributed by atoms with Gasteiger partial charge in [0, 0.05) is 13.6 Å². The molecular formula is C18H18FN3O3S2. The van der Waals surface area contributed by atoms with Crippen LogP contribution in [0.1, 0.15) is 24.5 Å². The van der Waals surface area contributed by atoms with Crippen LogP contribution in [-0.4, -0.2) is 33.8 Å². The monoisotopic (exact) mass is 407 g/mol. The maximum atomic E-state index is 13.7. The number of hydrogen-bond donors (Lipinski definition) is 0. The molecule has 0 aliphatic heterocycles. The highest BCUT2D eigenvalue weighted by Crippen LogP contribution is 2.25. The summed E-state index contributed by atoms with van der Waals surface area (Å²) in [4.78, 5) is 13.9. The van der Waals surface area contributed by atoms with Crippen molar-refractivity contribution in [1.29, 1.82) is 0 Å². The van der Waals surface area contributed by atoms with Crippen LogP contribution in [0, 0.1) is 5.82 Å². The number of benzene rings is 1. The number of thioether (sulfide) groups is 1. The minimum absolute atomic E-state index is 0.0402. The van der Waals surface area contributed by atoms with E-state index in [9.17, 15) is 9.18 Å². The predicted molar refractivity (Wildman–Crippen MR) is 101 cm³/mol. The minimum Gasteiger partial charge on any atom is -0.478 e. The van der Waals surface area contributed by atoms with E-state index in [1.54, 1.807) is 42.3 Å². The summed E-state index contributed by atoms with van der Waals surface area (Å²) < 4.78 is 24.7. The molecule has 1 atom stereocenters. The normalized spacial score (nSPS) is 12.0. The van der Waals surface area contributed by atoms with Crippen LogP contribution >= 0.6 is 23.1 Å². The molecule has 0 radical (unpaired) electrons. The number of amides is 1. The van der Waals surface area contributed by atoms with Crippen LogP contribution in [0.15, 0.2) is 50.7 Å². The second kappa shape index (κ2) is 9.01. The molecule has 9 heteroatoms. The van der Waals surface area contributed by atoms with Gasteiger partial charge in [0.05, 0.1) is 5.75 Å². The van der Waals surface area contributed by atoms with Gasteiger partial charge in [-0.25, -0.2) is 4.39 Å². The van der Waals surface area contributed by atoms with E-state index in [-0.39, 0.29) is 28.5 Å². The lowest BCUT2D eigenvalue weighted by molar-refractivity contribution is -0.127. The summed E-state index contributed by atoms with van der Waals surface area (Å²) in [5.41, 5.74) is 1.10. The average Bonchev–Trinajstić information content (AvgIpc) is 3.33. The van der Waals surface area contributed by atoms with Gasteiger partial charge in [-0.15, -0.1) is 10.2 Å². The second-order valence-electron chi connectivity index (χ2n) is 5.77. The molecule has 0 aliphatic carbocycles. The SMILES string of the molecule is CC(Oc1ccccc1F)c1nnc(SCC(=O)N(C)Cc2ccsc2)o1. The Labute approximate surface area is 164 Å². The summed E-state index contributed by atoms with van der Waals surface area (Å²) in [6.45, 7) is 2.25. The molecule has 0 saturated carbocycles. The van der Waals surface area contributed by atoms with Crippen molar-refractivity contribution in [3.8, 4) is 5.75 Å².